The van der Waals surface area contributed by atoms with Crippen LogP contribution in [0.3, 0.4) is 0 Å². The van der Waals surface area contributed by atoms with Gasteiger partial charge >= 0.3 is 0 Å². The average molecular weight is 467 g/mol. The fourth-order valence-electron chi connectivity index (χ4n) is 4.48. The van der Waals surface area contributed by atoms with Crippen LogP contribution in [0.25, 0.3) is 21.8 Å². The van der Waals surface area contributed by atoms with Crippen LogP contribution >= 0.6 is 0 Å². The van der Waals surface area contributed by atoms with Crippen LogP contribution in [0.5, 0.6) is 5.75 Å². The highest BCUT2D eigenvalue weighted by Crippen LogP contribution is 2.31. The van der Waals surface area contributed by atoms with Crippen molar-refractivity contribution in [3.05, 3.63) is 107 Å². The van der Waals surface area contributed by atoms with Gasteiger partial charge in [0.05, 0.1) is 25.4 Å². The number of aryl methyl sites for hydroxylation is 1. The monoisotopic (exact) mass is 466 g/mol. The van der Waals surface area contributed by atoms with E-state index >= 15 is 0 Å². The Morgan fingerprint density at radius 1 is 1.03 bits per heavy atom. The lowest BCUT2D eigenvalue weighted by Crippen LogP contribution is -2.30. The number of benzene rings is 3. The summed E-state index contributed by atoms with van der Waals surface area (Å²) >= 11 is 0. The molecule has 7 nitrogen and oxygen atoms in total. The maximum atomic E-state index is 12.8. The molecule has 1 unspecified atom stereocenters. The third kappa shape index (κ3) is 4.66. The van der Waals surface area contributed by atoms with Crippen LogP contribution in [0, 0.1) is 0 Å². The Morgan fingerprint density at radius 3 is 2.57 bits per heavy atom. The number of fused-ring (bicyclic) bond motifs is 2. The lowest BCUT2D eigenvalue weighted by molar-refractivity contribution is -0.121. The number of carbonyl (C=O) groups excluding carboxylic acids is 1. The molecule has 1 amide bonds. The molecular weight excluding hydrogens is 440 g/mol. The number of para-hydroxylation sites is 2. The molecule has 0 saturated heterocycles. The number of carbonyl (C=O) groups is 1. The van der Waals surface area contributed by atoms with E-state index in [1.54, 1.807) is 17.9 Å². The Labute approximate surface area is 202 Å². The van der Waals surface area contributed by atoms with Crippen molar-refractivity contribution < 1.29 is 9.53 Å². The number of aromatic nitrogens is 3. The minimum atomic E-state index is -0.123. The van der Waals surface area contributed by atoms with Crippen molar-refractivity contribution in [2.45, 2.75) is 18.9 Å². The smallest absolute Gasteiger partial charge is 0.221 e. The van der Waals surface area contributed by atoms with Crippen molar-refractivity contribution in [2.24, 2.45) is 0 Å². The SMILES string of the molecule is COc1ccc(C(CNC(=O)CCn2ncc(=O)c3ccccc32)c2c[nH]c3ccccc23)cc1. The van der Waals surface area contributed by atoms with E-state index in [0.717, 1.165) is 33.3 Å². The molecule has 0 fully saturated rings. The fourth-order valence-corrected chi connectivity index (χ4v) is 4.48. The number of hydrogen-bond acceptors (Lipinski definition) is 4. The van der Waals surface area contributed by atoms with Crippen LogP contribution in [-0.4, -0.2) is 34.3 Å². The van der Waals surface area contributed by atoms with Crippen LogP contribution in [0.15, 0.2) is 90.0 Å². The van der Waals surface area contributed by atoms with Crippen molar-refractivity contribution >= 4 is 27.7 Å². The highest BCUT2D eigenvalue weighted by atomic mass is 16.5. The summed E-state index contributed by atoms with van der Waals surface area (Å²) in [6.07, 6.45) is 3.57. The van der Waals surface area contributed by atoms with Gasteiger partial charge in [0, 0.05) is 41.4 Å². The third-order valence-electron chi connectivity index (χ3n) is 6.33. The number of amides is 1. The summed E-state index contributed by atoms with van der Waals surface area (Å²) in [5, 5.41) is 9.06. The van der Waals surface area contributed by atoms with E-state index in [0.29, 0.717) is 18.5 Å². The Morgan fingerprint density at radius 2 is 1.77 bits per heavy atom. The van der Waals surface area contributed by atoms with Gasteiger partial charge in [0.1, 0.15) is 5.75 Å². The molecule has 0 radical (unpaired) electrons. The normalized spacial score (nSPS) is 12.0. The maximum absolute atomic E-state index is 12.8. The minimum Gasteiger partial charge on any atom is -0.497 e. The Bertz CT molecular complexity index is 1540. The molecule has 2 aromatic heterocycles. The first-order chi connectivity index (χ1) is 17.1. The summed E-state index contributed by atoms with van der Waals surface area (Å²) in [6.45, 7) is 0.832. The summed E-state index contributed by atoms with van der Waals surface area (Å²) in [5.74, 6) is 0.677. The standard InChI is InChI=1S/C28H26N4O3/c1-35-20-12-10-19(11-13-20)23(24-17-29-25-8-4-2-6-21(24)25)16-30-28(34)14-15-32-26-9-5-3-7-22(26)27(33)18-31-32/h2-13,17-18,23,29H,14-16H2,1H3,(H,30,34). The number of rotatable bonds is 8. The number of aromatic amines is 1. The zero-order chi connectivity index (χ0) is 24.2. The molecule has 0 spiro atoms. The fraction of sp³-hybridized carbons (Fsp3) is 0.179. The molecule has 7 heteroatoms. The van der Waals surface area contributed by atoms with Crippen molar-refractivity contribution in [3.63, 3.8) is 0 Å². The van der Waals surface area contributed by atoms with Crippen LogP contribution in [0.1, 0.15) is 23.5 Å². The lowest BCUT2D eigenvalue weighted by atomic mass is 9.90. The van der Waals surface area contributed by atoms with Crippen molar-refractivity contribution in [3.8, 4) is 5.75 Å². The van der Waals surface area contributed by atoms with Gasteiger partial charge in [-0.2, -0.15) is 5.10 Å². The number of ether oxygens (including phenoxy) is 1. The number of H-pyrrole nitrogens is 1. The second-order valence-electron chi connectivity index (χ2n) is 8.42. The molecule has 0 aliphatic carbocycles. The topological polar surface area (TPSA) is 89.0 Å². The van der Waals surface area contributed by atoms with E-state index in [1.807, 2.05) is 66.9 Å². The predicted octanol–water partition coefficient (Wildman–Crippen LogP) is 4.22. The summed E-state index contributed by atoms with van der Waals surface area (Å²) < 4.78 is 7.02. The molecule has 3 aromatic carbocycles. The van der Waals surface area contributed by atoms with E-state index < -0.39 is 0 Å². The van der Waals surface area contributed by atoms with E-state index in [2.05, 4.69) is 21.5 Å². The highest BCUT2D eigenvalue weighted by Gasteiger charge is 2.19. The summed E-state index contributed by atoms with van der Waals surface area (Å²) in [5.41, 5.74) is 3.87. The predicted molar refractivity (Wildman–Crippen MR) is 137 cm³/mol. The molecule has 5 aromatic rings. The Kier molecular flexibility index (Phi) is 6.30. The molecule has 176 valence electrons. The summed E-state index contributed by atoms with van der Waals surface area (Å²) in [6, 6.07) is 23.4. The molecule has 5 rings (SSSR count). The van der Waals surface area contributed by atoms with Gasteiger partial charge in [0.25, 0.3) is 0 Å². The molecular formula is C28H26N4O3. The quantitative estimate of drug-likeness (QED) is 0.358. The van der Waals surface area contributed by atoms with E-state index in [1.165, 1.54) is 6.20 Å². The van der Waals surface area contributed by atoms with Crippen LogP contribution in [-0.2, 0) is 11.3 Å². The molecule has 2 heterocycles. The van der Waals surface area contributed by atoms with Crippen LogP contribution < -0.4 is 15.5 Å². The number of nitrogens with one attached hydrogen (secondary N) is 2. The summed E-state index contributed by atoms with van der Waals surface area (Å²) in [4.78, 5) is 28.3. The van der Waals surface area contributed by atoms with Gasteiger partial charge in [-0.25, -0.2) is 0 Å². The zero-order valence-electron chi connectivity index (χ0n) is 19.4. The average Bonchev–Trinajstić information content (AvgIpc) is 3.33. The zero-order valence-corrected chi connectivity index (χ0v) is 19.4. The van der Waals surface area contributed by atoms with Gasteiger partial charge in [0.2, 0.25) is 11.3 Å². The Balaban J connectivity index is 1.34. The van der Waals surface area contributed by atoms with Gasteiger partial charge in [-0.3, -0.25) is 14.3 Å². The number of nitrogens with zero attached hydrogens (tertiary/aromatic N) is 2. The number of methoxy groups -OCH3 is 1. The molecule has 0 aliphatic rings. The maximum Gasteiger partial charge on any atom is 0.221 e. The summed E-state index contributed by atoms with van der Waals surface area (Å²) in [7, 11) is 1.65. The second-order valence-corrected chi connectivity index (χ2v) is 8.42. The van der Waals surface area contributed by atoms with E-state index in [-0.39, 0.29) is 23.7 Å². The van der Waals surface area contributed by atoms with E-state index in [9.17, 15) is 9.59 Å². The molecule has 35 heavy (non-hydrogen) atoms. The number of hydrogen-bond donors (Lipinski definition) is 2. The van der Waals surface area contributed by atoms with Gasteiger partial charge in [-0.1, -0.05) is 42.5 Å². The first-order valence-corrected chi connectivity index (χ1v) is 11.6. The van der Waals surface area contributed by atoms with Crippen molar-refractivity contribution in [1.29, 1.82) is 0 Å². The van der Waals surface area contributed by atoms with Gasteiger partial charge in [0.15, 0.2) is 0 Å². The first-order valence-electron chi connectivity index (χ1n) is 11.6. The molecule has 0 bridgehead atoms. The van der Waals surface area contributed by atoms with Crippen LogP contribution in [0.4, 0.5) is 0 Å². The van der Waals surface area contributed by atoms with Crippen LogP contribution in [0.2, 0.25) is 0 Å². The highest BCUT2D eigenvalue weighted by molar-refractivity contribution is 5.84. The molecule has 0 aliphatic heterocycles. The Hall–Kier alpha value is -4.39. The van der Waals surface area contributed by atoms with Gasteiger partial charge in [-0.15, -0.1) is 0 Å². The molecule has 1 atom stereocenters. The first kappa shape index (κ1) is 22.4. The largest absolute Gasteiger partial charge is 0.497 e. The van der Waals surface area contributed by atoms with E-state index in [4.69, 9.17) is 4.74 Å². The minimum absolute atomic E-state index is 0.0349. The molecule has 0 saturated carbocycles. The second kappa shape index (κ2) is 9.85. The lowest BCUT2D eigenvalue weighted by Gasteiger charge is -2.19. The van der Waals surface area contributed by atoms with Crippen molar-refractivity contribution in [1.82, 2.24) is 20.1 Å². The molecule has 2 N–H and O–H groups in total. The van der Waals surface area contributed by atoms with Gasteiger partial charge in [-0.05, 0) is 41.5 Å². The third-order valence-corrected chi connectivity index (χ3v) is 6.33. The van der Waals surface area contributed by atoms with Crippen molar-refractivity contribution in [2.75, 3.05) is 13.7 Å². The van der Waals surface area contributed by atoms with Gasteiger partial charge < -0.3 is 15.0 Å².